The first-order chi connectivity index (χ1) is 15.2. The van der Waals surface area contributed by atoms with Gasteiger partial charge in [-0.1, -0.05) is 13.0 Å². The minimum Gasteiger partial charge on any atom is -0.253 e. The first-order valence-corrected chi connectivity index (χ1v) is 13.1. The number of aliphatic imine (C=N–C) groups is 1. The number of pyridine rings is 1. The second-order valence-electron chi connectivity index (χ2n) is 7.82. The number of nitriles is 1. The van der Waals surface area contributed by atoms with E-state index >= 15 is 0 Å². The van der Waals surface area contributed by atoms with E-state index in [0.29, 0.717) is 24.0 Å². The maximum absolute atomic E-state index is 13.1. The number of aromatic nitrogens is 1. The fraction of sp³-hybridized carbons (Fsp3) is 0.381. The SMILES string of the molecule is CCS(=O)(=O)c1cc(C2(C#N)CC2)cnc1C(C)=Nc1cc(S(=N)(=O)C(F)(F)F)ccc1C. The van der Waals surface area contributed by atoms with Gasteiger partial charge < -0.3 is 0 Å². The van der Waals surface area contributed by atoms with Gasteiger partial charge in [0.05, 0.1) is 38.4 Å². The highest BCUT2D eigenvalue weighted by Gasteiger charge is 2.46. The van der Waals surface area contributed by atoms with Crippen molar-refractivity contribution >= 4 is 31.0 Å². The molecule has 1 aliphatic rings. The van der Waals surface area contributed by atoms with Gasteiger partial charge in [-0.05, 0) is 56.0 Å². The number of nitrogens with one attached hydrogen (secondary N) is 1. The lowest BCUT2D eigenvalue weighted by atomic mass is 9.99. The highest BCUT2D eigenvalue weighted by Crippen LogP contribution is 2.48. The highest BCUT2D eigenvalue weighted by molar-refractivity contribution is 7.93. The molecule has 0 bridgehead atoms. The van der Waals surface area contributed by atoms with Crippen LogP contribution in [-0.2, 0) is 25.0 Å². The van der Waals surface area contributed by atoms with Crippen molar-refractivity contribution in [2.45, 2.75) is 54.3 Å². The van der Waals surface area contributed by atoms with Gasteiger partial charge in [-0.25, -0.2) is 17.4 Å². The summed E-state index contributed by atoms with van der Waals surface area (Å²) in [4.78, 5) is 7.66. The maximum Gasteiger partial charge on any atom is 0.483 e. The van der Waals surface area contributed by atoms with Crippen LogP contribution in [0.1, 0.15) is 43.5 Å². The molecule has 1 heterocycles. The van der Waals surface area contributed by atoms with Gasteiger partial charge in [0.25, 0.3) is 0 Å². The van der Waals surface area contributed by atoms with Crippen LogP contribution in [0, 0.1) is 23.0 Å². The third kappa shape index (κ3) is 4.52. The van der Waals surface area contributed by atoms with Crippen molar-refractivity contribution in [3.8, 4) is 6.07 Å². The molecule has 1 aromatic carbocycles. The maximum atomic E-state index is 13.1. The van der Waals surface area contributed by atoms with E-state index in [9.17, 15) is 31.1 Å². The predicted octanol–water partition coefficient (Wildman–Crippen LogP) is 4.80. The summed E-state index contributed by atoms with van der Waals surface area (Å²) in [5.74, 6) is -0.223. The summed E-state index contributed by atoms with van der Waals surface area (Å²) in [5, 5.41) is 9.44. The molecule has 1 atom stereocenters. The average Bonchev–Trinajstić information content (AvgIpc) is 3.55. The molecule has 0 spiro atoms. The predicted molar refractivity (Wildman–Crippen MR) is 117 cm³/mol. The van der Waals surface area contributed by atoms with Crippen LogP contribution in [-0.4, -0.2) is 34.6 Å². The molecular formula is C21H21F3N4O3S2. The molecule has 0 amide bonds. The molecule has 1 unspecified atom stereocenters. The van der Waals surface area contributed by atoms with Crippen LogP contribution in [0.25, 0.3) is 0 Å². The number of rotatable bonds is 6. The molecule has 1 aliphatic carbocycles. The van der Waals surface area contributed by atoms with Crippen LogP contribution in [0.15, 0.2) is 45.2 Å². The normalized spacial score (nSPS) is 17.8. The number of aryl methyl sites for hydroxylation is 1. The number of nitrogens with zero attached hydrogens (tertiary/aromatic N) is 3. The summed E-state index contributed by atoms with van der Waals surface area (Å²) < 4.78 is 84.1. The van der Waals surface area contributed by atoms with E-state index in [1.165, 1.54) is 32.2 Å². The Balaban J connectivity index is 2.16. The molecule has 7 nitrogen and oxygen atoms in total. The van der Waals surface area contributed by atoms with E-state index in [0.717, 1.165) is 12.1 Å². The fourth-order valence-corrected chi connectivity index (χ4v) is 5.13. The molecule has 12 heteroatoms. The van der Waals surface area contributed by atoms with E-state index < -0.39 is 35.4 Å². The zero-order chi connectivity index (χ0) is 24.8. The van der Waals surface area contributed by atoms with Gasteiger partial charge in [-0.3, -0.25) is 9.98 Å². The largest absolute Gasteiger partial charge is 0.483 e. The van der Waals surface area contributed by atoms with Gasteiger partial charge in [0.1, 0.15) is 5.69 Å². The van der Waals surface area contributed by atoms with Gasteiger partial charge in [0, 0.05) is 6.20 Å². The molecule has 2 aromatic rings. The number of alkyl halides is 3. The van der Waals surface area contributed by atoms with Gasteiger partial charge in [-0.2, -0.15) is 18.4 Å². The van der Waals surface area contributed by atoms with Crippen LogP contribution in [0.5, 0.6) is 0 Å². The van der Waals surface area contributed by atoms with Crippen molar-refractivity contribution in [1.82, 2.24) is 4.98 Å². The standard InChI is InChI=1S/C21H21F3N4O3S2/c1-4-32(29,30)18-9-15(20(12-25)7-8-20)11-27-19(18)14(3)28-17-10-16(6-5-13(17)2)33(26,31)21(22,23)24/h5-6,9-11,26H,4,7-8H2,1-3H3. The molecular weight excluding hydrogens is 477 g/mol. The van der Waals surface area contributed by atoms with E-state index in [4.69, 9.17) is 4.78 Å². The zero-order valence-electron chi connectivity index (χ0n) is 18.0. The molecule has 1 fully saturated rings. The lowest BCUT2D eigenvalue weighted by molar-refractivity contribution is -0.0406. The molecule has 0 aliphatic heterocycles. The van der Waals surface area contributed by atoms with Gasteiger partial charge in [0.2, 0.25) is 0 Å². The monoisotopic (exact) mass is 498 g/mol. The number of sulfone groups is 1. The Bertz CT molecular complexity index is 1400. The summed E-state index contributed by atoms with van der Waals surface area (Å²) >= 11 is 0. The Kier molecular flexibility index (Phi) is 6.19. The summed E-state index contributed by atoms with van der Waals surface area (Å²) in [7, 11) is -8.85. The summed E-state index contributed by atoms with van der Waals surface area (Å²) in [6, 6.07) is 6.76. The molecule has 1 aromatic heterocycles. The number of benzene rings is 1. The van der Waals surface area contributed by atoms with Crippen molar-refractivity contribution < 1.29 is 25.8 Å². The van der Waals surface area contributed by atoms with Crippen LogP contribution in [0.3, 0.4) is 0 Å². The average molecular weight is 499 g/mol. The topological polar surface area (TPSA) is 124 Å². The molecule has 3 rings (SSSR count). The lowest BCUT2D eigenvalue weighted by Gasteiger charge is -2.14. The highest BCUT2D eigenvalue weighted by atomic mass is 32.2. The lowest BCUT2D eigenvalue weighted by Crippen LogP contribution is -2.21. The first kappa shape index (κ1) is 24.9. The van der Waals surface area contributed by atoms with Gasteiger partial charge in [0.15, 0.2) is 19.6 Å². The van der Waals surface area contributed by atoms with E-state index in [1.54, 1.807) is 6.92 Å². The summed E-state index contributed by atoms with van der Waals surface area (Å²) in [5.41, 5.74) is -4.95. The second-order valence-corrected chi connectivity index (χ2v) is 12.1. The third-order valence-corrected chi connectivity index (χ3v) is 8.86. The molecule has 33 heavy (non-hydrogen) atoms. The van der Waals surface area contributed by atoms with Crippen LogP contribution in [0.2, 0.25) is 0 Å². The minimum absolute atomic E-state index is 0.00985. The molecule has 0 saturated heterocycles. The summed E-state index contributed by atoms with van der Waals surface area (Å²) in [6.07, 6.45) is 2.62. The minimum atomic E-state index is -5.25. The molecule has 1 N–H and O–H groups in total. The van der Waals surface area contributed by atoms with E-state index in [2.05, 4.69) is 16.0 Å². The van der Waals surface area contributed by atoms with Crippen molar-refractivity contribution in [2.24, 2.45) is 4.99 Å². The van der Waals surface area contributed by atoms with Crippen LogP contribution >= 0.6 is 0 Å². The van der Waals surface area contributed by atoms with Crippen molar-refractivity contribution in [3.05, 3.63) is 47.3 Å². The Morgan fingerprint density at radius 1 is 1.27 bits per heavy atom. The van der Waals surface area contributed by atoms with Gasteiger partial charge >= 0.3 is 5.51 Å². The first-order valence-electron chi connectivity index (χ1n) is 9.84. The van der Waals surface area contributed by atoms with Crippen molar-refractivity contribution in [2.75, 3.05) is 5.75 Å². The molecule has 176 valence electrons. The third-order valence-electron chi connectivity index (χ3n) is 5.55. The molecule has 0 radical (unpaired) electrons. The van der Waals surface area contributed by atoms with Crippen molar-refractivity contribution in [1.29, 1.82) is 10.0 Å². The van der Waals surface area contributed by atoms with E-state index in [1.807, 2.05) is 0 Å². The quantitative estimate of drug-likeness (QED) is 0.573. The van der Waals surface area contributed by atoms with Crippen LogP contribution < -0.4 is 0 Å². The second kappa shape index (κ2) is 8.22. The summed E-state index contributed by atoms with van der Waals surface area (Å²) in [6.45, 7) is 4.49. The Labute approximate surface area is 190 Å². The van der Waals surface area contributed by atoms with E-state index in [-0.39, 0.29) is 27.7 Å². The number of hydrogen-bond acceptors (Lipinski definition) is 7. The fourth-order valence-electron chi connectivity index (χ4n) is 3.22. The number of hydrogen-bond donors (Lipinski definition) is 1. The van der Waals surface area contributed by atoms with Gasteiger partial charge in [-0.15, -0.1) is 0 Å². The van der Waals surface area contributed by atoms with Crippen LogP contribution in [0.4, 0.5) is 18.9 Å². The zero-order valence-corrected chi connectivity index (χ0v) is 19.7. The Morgan fingerprint density at radius 2 is 1.91 bits per heavy atom. The number of halogens is 3. The van der Waals surface area contributed by atoms with Crippen molar-refractivity contribution in [3.63, 3.8) is 0 Å². The smallest absolute Gasteiger partial charge is 0.253 e. The Hall–Kier alpha value is -2.78. The molecule has 1 saturated carbocycles. The Morgan fingerprint density at radius 3 is 2.42 bits per heavy atom.